The van der Waals surface area contributed by atoms with Gasteiger partial charge >= 0.3 is 5.97 Å². The lowest BCUT2D eigenvalue weighted by molar-refractivity contribution is -0.163. The maximum Gasteiger partial charge on any atom is 0.312 e. The van der Waals surface area contributed by atoms with E-state index in [1.165, 1.54) is 0 Å². The highest BCUT2D eigenvalue weighted by atomic mass is 16.6. The highest BCUT2D eigenvalue weighted by molar-refractivity contribution is 5.98. The van der Waals surface area contributed by atoms with Gasteiger partial charge in [-0.05, 0) is 44.6 Å². The molecule has 3 aliphatic rings. The molecule has 0 aliphatic carbocycles. The van der Waals surface area contributed by atoms with E-state index in [9.17, 15) is 19.5 Å². The molecule has 1 spiro atoms. The molecule has 0 radical (unpaired) electrons. The van der Waals surface area contributed by atoms with Crippen LogP contribution in [0.1, 0.15) is 58.9 Å². The molecule has 2 bridgehead atoms. The highest BCUT2D eigenvalue weighted by Crippen LogP contribution is 2.65. The lowest BCUT2D eigenvalue weighted by atomic mass is 9.62. The molecule has 3 saturated heterocycles. The summed E-state index contributed by atoms with van der Waals surface area (Å²) in [6, 6.07) is 8.02. The molecule has 8 nitrogen and oxygen atoms in total. The second kappa shape index (κ2) is 11.8. The van der Waals surface area contributed by atoms with E-state index in [1.54, 1.807) is 22.8 Å². The summed E-state index contributed by atoms with van der Waals surface area (Å²) in [5, 5.41) is 10.6. The minimum Gasteiger partial charge on any atom is -0.466 e. The van der Waals surface area contributed by atoms with Crippen LogP contribution in [0, 0.1) is 17.8 Å². The van der Waals surface area contributed by atoms with Gasteiger partial charge in [-0.25, -0.2) is 0 Å². The molecule has 7 atom stereocenters. The normalized spacial score (nSPS) is 31.7. The first-order chi connectivity index (χ1) is 18.7. The highest BCUT2D eigenvalue weighted by Gasteiger charge is 2.80. The maximum atomic E-state index is 14.5. The lowest BCUT2D eigenvalue weighted by Gasteiger charge is -2.39. The number of unbranched alkanes of at least 4 members (excludes halogenated alkanes) is 2. The number of fused-ring (bicyclic) bond motifs is 1. The van der Waals surface area contributed by atoms with Crippen LogP contribution in [0.15, 0.2) is 43.0 Å². The van der Waals surface area contributed by atoms with Gasteiger partial charge in [-0.3, -0.25) is 14.4 Å². The Bertz CT molecular complexity index is 1060. The molecule has 0 aromatic heterocycles. The zero-order valence-corrected chi connectivity index (χ0v) is 23.8. The zero-order valence-electron chi connectivity index (χ0n) is 23.8. The molecule has 8 heteroatoms. The van der Waals surface area contributed by atoms with Crippen LogP contribution in [0.3, 0.4) is 0 Å². The van der Waals surface area contributed by atoms with Crippen molar-refractivity contribution in [3.8, 4) is 0 Å². The summed E-state index contributed by atoms with van der Waals surface area (Å²) in [6.07, 6.45) is 5.38. The fraction of sp³-hybridized carbons (Fsp3) is 0.645. The first kappa shape index (κ1) is 29.3. The molecule has 0 saturated carbocycles. The predicted octanol–water partition coefficient (Wildman–Crippen LogP) is 3.37. The number of aliphatic hydroxyl groups excluding tert-OH is 1. The molecular formula is C31H44N2O6. The van der Waals surface area contributed by atoms with Gasteiger partial charge in [-0.1, -0.05) is 63.1 Å². The molecular weight excluding hydrogens is 496 g/mol. The number of likely N-dealkylation sites (tertiary alicyclic amines) is 1. The summed E-state index contributed by atoms with van der Waals surface area (Å²) >= 11 is 0. The lowest BCUT2D eigenvalue weighted by Crippen LogP contribution is -2.59. The van der Waals surface area contributed by atoms with Gasteiger partial charge in [0, 0.05) is 13.1 Å². The van der Waals surface area contributed by atoms with Crippen molar-refractivity contribution in [1.29, 1.82) is 0 Å². The number of hydrogen-bond acceptors (Lipinski definition) is 6. The van der Waals surface area contributed by atoms with Crippen LogP contribution in [0.5, 0.6) is 0 Å². The molecule has 3 fully saturated rings. The summed E-state index contributed by atoms with van der Waals surface area (Å²) in [5.74, 6) is -2.73. The van der Waals surface area contributed by atoms with Crippen LogP contribution < -0.4 is 0 Å². The van der Waals surface area contributed by atoms with E-state index < -0.39 is 41.1 Å². The van der Waals surface area contributed by atoms with Gasteiger partial charge in [0.1, 0.15) is 17.6 Å². The van der Waals surface area contributed by atoms with E-state index in [0.29, 0.717) is 25.9 Å². The number of benzene rings is 1. The summed E-state index contributed by atoms with van der Waals surface area (Å²) in [7, 11) is 0. The average Bonchev–Trinajstić information content (AvgIpc) is 3.44. The third-order valence-electron chi connectivity index (χ3n) is 9.14. The van der Waals surface area contributed by atoms with Crippen LogP contribution in [0.25, 0.3) is 0 Å². The minimum atomic E-state index is -1.17. The molecule has 3 heterocycles. The number of aliphatic hydroxyl groups is 1. The average molecular weight is 541 g/mol. The number of rotatable bonds is 13. The quantitative estimate of drug-likeness (QED) is 0.234. The third kappa shape index (κ3) is 4.91. The fourth-order valence-corrected chi connectivity index (χ4v) is 7.25. The van der Waals surface area contributed by atoms with Gasteiger partial charge in [0.15, 0.2) is 0 Å². The van der Waals surface area contributed by atoms with E-state index in [0.717, 1.165) is 24.8 Å². The molecule has 1 aromatic carbocycles. The maximum absolute atomic E-state index is 14.5. The summed E-state index contributed by atoms with van der Waals surface area (Å²) < 4.78 is 12.2. The van der Waals surface area contributed by atoms with Gasteiger partial charge < -0.3 is 24.4 Å². The Morgan fingerprint density at radius 3 is 2.62 bits per heavy atom. The second-order valence-corrected chi connectivity index (χ2v) is 11.5. The van der Waals surface area contributed by atoms with Gasteiger partial charge in [0.2, 0.25) is 11.8 Å². The van der Waals surface area contributed by atoms with E-state index in [2.05, 4.69) is 13.5 Å². The van der Waals surface area contributed by atoms with Crippen molar-refractivity contribution < 1.29 is 29.0 Å². The van der Waals surface area contributed by atoms with E-state index >= 15 is 0 Å². The number of carbonyl (C=O) groups excluding carboxylic acids is 3. The Labute approximate surface area is 232 Å². The SMILES string of the molecule is C=CCN(CCCCC)C(=O)C1N([C@@H](CO)Cc2ccccc2)C(=O)[C@@H]2[C@@H](C(=O)OCC)[C@]3(C)OC12CC3C. The van der Waals surface area contributed by atoms with Gasteiger partial charge in [0.25, 0.3) is 0 Å². The monoisotopic (exact) mass is 540 g/mol. The van der Waals surface area contributed by atoms with Crippen LogP contribution in [-0.2, 0) is 30.3 Å². The standard InChI is InChI=1S/C31H44N2O6/c1-6-9-13-17-32(16-7-2)28(36)26-31-19-21(4)30(5,39-31)25(29(37)38-8-3)24(31)27(35)33(26)23(20-34)18-22-14-11-10-12-15-22/h7,10-12,14-15,21,23-26,34H,2,6,8-9,13,16-20H2,1,3-5H3/t21?,23-,24+,25+,26?,30-,31?/m1/s1. The number of amides is 2. The van der Waals surface area contributed by atoms with E-state index in [1.807, 2.05) is 44.2 Å². The van der Waals surface area contributed by atoms with Crippen molar-refractivity contribution in [2.45, 2.75) is 83.1 Å². The van der Waals surface area contributed by atoms with Crippen molar-refractivity contribution >= 4 is 17.8 Å². The van der Waals surface area contributed by atoms with Crippen molar-refractivity contribution in [1.82, 2.24) is 9.80 Å². The van der Waals surface area contributed by atoms with Crippen LogP contribution >= 0.6 is 0 Å². The van der Waals surface area contributed by atoms with Gasteiger partial charge in [-0.15, -0.1) is 6.58 Å². The molecule has 3 unspecified atom stereocenters. The van der Waals surface area contributed by atoms with E-state index in [-0.39, 0.29) is 30.9 Å². The number of esters is 1. The smallest absolute Gasteiger partial charge is 0.312 e. The first-order valence-corrected chi connectivity index (χ1v) is 14.4. The Morgan fingerprint density at radius 2 is 2.00 bits per heavy atom. The number of ether oxygens (including phenoxy) is 2. The summed E-state index contributed by atoms with van der Waals surface area (Å²) in [4.78, 5) is 45.6. The molecule has 1 aromatic rings. The molecule has 3 aliphatic heterocycles. The molecule has 2 amide bonds. The Kier molecular flexibility index (Phi) is 8.86. The van der Waals surface area contributed by atoms with Crippen molar-refractivity contribution in [2.24, 2.45) is 17.8 Å². The largest absolute Gasteiger partial charge is 0.466 e. The zero-order chi connectivity index (χ0) is 28.4. The third-order valence-corrected chi connectivity index (χ3v) is 9.14. The Morgan fingerprint density at radius 1 is 1.28 bits per heavy atom. The van der Waals surface area contributed by atoms with Gasteiger partial charge in [0.05, 0.1) is 30.8 Å². The minimum absolute atomic E-state index is 0.0687. The van der Waals surface area contributed by atoms with E-state index in [4.69, 9.17) is 9.47 Å². The van der Waals surface area contributed by atoms with Crippen molar-refractivity contribution in [3.63, 3.8) is 0 Å². The van der Waals surface area contributed by atoms with Crippen LogP contribution in [0.4, 0.5) is 0 Å². The van der Waals surface area contributed by atoms with Gasteiger partial charge in [-0.2, -0.15) is 0 Å². The Balaban J connectivity index is 1.81. The second-order valence-electron chi connectivity index (χ2n) is 11.5. The van der Waals surface area contributed by atoms with Crippen LogP contribution in [-0.4, -0.2) is 82.3 Å². The summed E-state index contributed by atoms with van der Waals surface area (Å²) in [5.41, 5.74) is -1.14. The topological polar surface area (TPSA) is 96.4 Å². The first-order valence-electron chi connectivity index (χ1n) is 14.4. The molecule has 39 heavy (non-hydrogen) atoms. The van der Waals surface area contributed by atoms with Crippen molar-refractivity contribution in [2.75, 3.05) is 26.3 Å². The molecule has 1 N–H and O–H groups in total. The fourth-order valence-electron chi connectivity index (χ4n) is 7.25. The predicted molar refractivity (Wildman–Crippen MR) is 148 cm³/mol. The Hall–Kier alpha value is -2.71. The molecule has 214 valence electrons. The summed E-state index contributed by atoms with van der Waals surface area (Å²) in [6.45, 7) is 12.4. The number of hydrogen-bond donors (Lipinski definition) is 1. The van der Waals surface area contributed by atoms with Crippen LogP contribution in [0.2, 0.25) is 0 Å². The number of carbonyl (C=O) groups is 3. The number of nitrogens with zero attached hydrogens (tertiary/aromatic N) is 2. The van der Waals surface area contributed by atoms with Crippen molar-refractivity contribution in [3.05, 3.63) is 48.6 Å². The molecule has 4 rings (SSSR count).